The maximum atomic E-state index is 13.3. The molecule has 17 atom stereocenters. The van der Waals surface area contributed by atoms with Crippen LogP contribution in [0.2, 0.25) is 0 Å². The Morgan fingerprint density at radius 2 is 0.821 bits per heavy atom. The van der Waals surface area contributed by atoms with E-state index in [-0.39, 0.29) is 18.9 Å². The molecule has 3 rings (SSSR count). The average molecular weight is 1190 g/mol. The first-order valence-electron chi connectivity index (χ1n) is 31.5. The standard InChI is InChI=1S/C65H109NO18/c1-3-5-7-9-11-13-14-15-16-17-18-19-20-21-22-23-24-25-26-27-28-29-30-31-32-33-34-35-37-39-41-43-53(71)66-48(49(70)42-40-38-36-12-10-8-6-4-2)47-79-63-59(77)56(74)61(51(45-68)81-63)84-65-60(78)57(75)62(52(46-69)82-65)83-64-58(76)55(73)54(72)50(44-67)80-64/h5,7,11,13,15-16,18-19,21-22,24-25,27-28,30-31,48-52,54-65,67-70,72-78H,3-4,6,8-10,12,14,17,20,23,26,29,32-47H2,1-2H3,(H,66,71)/b7-5-,13-11-,16-15-,19-18-,22-21-,25-24-,28-27-,31-30-. The first kappa shape index (κ1) is 75.0. The number of hydrogen-bond donors (Lipinski definition) is 12. The summed E-state index contributed by atoms with van der Waals surface area (Å²) in [5.41, 5.74) is 0. The van der Waals surface area contributed by atoms with Crippen molar-refractivity contribution in [1.82, 2.24) is 5.32 Å². The van der Waals surface area contributed by atoms with Crippen LogP contribution in [0.5, 0.6) is 0 Å². The molecule has 19 heteroatoms. The van der Waals surface area contributed by atoms with E-state index in [1.165, 1.54) is 12.8 Å². The Labute approximate surface area is 501 Å². The maximum Gasteiger partial charge on any atom is 0.220 e. The zero-order valence-electron chi connectivity index (χ0n) is 50.3. The normalized spacial score (nSPS) is 29.8. The summed E-state index contributed by atoms with van der Waals surface area (Å²) in [6.45, 7) is 1.59. The number of aliphatic hydroxyl groups is 11. The Balaban J connectivity index is 1.38. The van der Waals surface area contributed by atoms with Gasteiger partial charge in [0.25, 0.3) is 0 Å². The van der Waals surface area contributed by atoms with E-state index in [4.69, 9.17) is 28.4 Å². The lowest BCUT2D eigenvalue weighted by atomic mass is 9.96. The van der Waals surface area contributed by atoms with Crippen molar-refractivity contribution in [2.75, 3.05) is 26.4 Å². The Morgan fingerprint density at radius 1 is 0.440 bits per heavy atom. The van der Waals surface area contributed by atoms with Crippen molar-refractivity contribution in [3.05, 3.63) is 97.2 Å². The number of hydrogen-bond acceptors (Lipinski definition) is 18. The number of carbonyl (C=O) groups excluding carboxylic acids is 1. The Bertz CT molecular complexity index is 1910. The highest BCUT2D eigenvalue weighted by atomic mass is 16.8. The number of carbonyl (C=O) groups is 1. The number of rotatable bonds is 45. The maximum absolute atomic E-state index is 13.3. The fourth-order valence-corrected chi connectivity index (χ4v) is 10.0. The van der Waals surface area contributed by atoms with Crippen LogP contribution in [-0.4, -0.2) is 193 Å². The van der Waals surface area contributed by atoms with Crippen LogP contribution in [0.3, 0.4) is 0 Å². The zero-order chi connectivity index (χ0) is 61.2. The molecule has 1 amide bonds. The molecule has 3 aliphatic heterocycles. The number of ether oxygens (including phenoxy) is 6. The second-order valence-corrected chi connectivity index (χ2v) is 22.1. The minimum atomic E-state index is -1.98. The van der Waals surface area contributed by atoms with Gasteiger partial charge in [-0.25, -0.2) is 0 Å². The molecule has 84 heavy (non-hydrogen) atoms. The molecule has 17 unspecified atom stereocenters. The van der Waals surface area contributed by atoms with Crippen LogP contribution in [-0.2, 0) is 33.2 Å². The van der Waals surface area contributed by atoms with E-state index in [0.29, 0.717) is 19.3 Å². The third kappa shape index (κ3) is 29.6. The molecule has 19 nitrogen and oxygen atoms in total. The van der Waals surface area contributed by atoms with Crippen LogP contribution >= 0.6 is 0 Å². The molecule has 0 aromatic carbocycles. The second-order valence-electron chi connectivity index (χ2n) is 22.1. The number of aliphatic hydroxyl groups excluding tert-OH is 11. The molecule has 0 bridgehead atoms. The SMILES string of the molecule is CC/C=C\C/C=C\C/C=C\C/C=C\C/C=C\C/C=C\C/C=C\C/C=C\CCCCCCCCC(=O)NC(COC1OC(CO)C(OC2OC(CO)C(OC3OC(CO)C(O)C(O)C3O)C(O)C2O)C(O)C1O)C(O)CCCCCCCCCC. The van der Waals surface area contributed by atoms with Gasteiger partial charge < -0.3 is 89.9 Å². The third-order valence-electron chi connectivity index (χ3n) is 15.2. The smallest absolute Gasteiger partial charge is 0.220 e. The zero-order valence-corrected chi connectivity index (χ0v) is 50.3. The molecule has 0 aliphatic carbocycles. The number of unbranched alkanes of at least 4 members (excludes halogenated alkanes) is 13. The van der Waals surface area contributed by atoms with E-state index < -0.39 is 124 Å². The Morgan fingerprint density at radius 3 is 1.29 bits per heavy atom. The molecule has 3 heterocycles. The van der Waals surface area contributed by atoms with Gasteiger partial charge in [-0.05, 0) is 77.0 Å². The van der Waals surface area contributed by atoms with Crippen molar-refractivity contribution in [1.29, 1.82) is 0 Å². The van der Waals surface area contributed by atoms with E-state index in [0.717, 1.165) is 122 Å². The first-order chi connectivity index (χ1) is 40.8. The fraction of sp³-hybridized carbons (Fsp3) is 0.738. The van der Waals surface area contributed by atoms with Gasteiger partial charge in [0.15, 0.2) is 18.9 Å². The summed E-state index contributed by atoms with van der Waals surface area (Å²) in [5.74, 6) is -0.266. The van der Waals surface area contributed by atoms with Crippen molar-refractivity contribution in [3.8, 4) is 0 Å². The van der Waals surface area contributed by atoms with E-state index in [9.17, 15) is 61.0 Å². The lowest BCUT2D eigenvalue weighted by Gasteiger charge is -2.48. The van der Waals surface area contributed by atoms with Gasteiger partial charge in [-0.15, -0.1) is 0 Å². The monoisotopic (exact) mass is 1190 g/mol. The summed E-state index contributed by atoms with van der Waals surface area (Å²) in [6.07, 6.45) is 32.4. The lowest BCUT2D eigenvalue weighted by Crippen LogP contribution is -2.66. The van der Waals surface area contributed by atoms with E-state index in [2.05, 4.69) is 116 Å². The van der Waals surface area contributed by atoms with Gasteiger partial charge in [-0.2, -0.15) is 0 Å². The highest BCUT2D eigenvalue weighted by molar-refractivity contribution is 5.76. The Kier molecular flexibility index (Phi) is 41.8. The summed E-state index contributed by atoms with van der Waals surface area (Å²) < 4.78 is 34.2. The second kappa shape index (κ2) is 46.8. The number of nitrogens with one attached hydrogen (secondary N) is 1. The van der Waals surface area contributed by atoms with Crippen molar-refractivity contribution in [2.24, 2.45) is 0 Å². The molecule has 0 saturated carbocycles. The van der Waals surface area contributed by atoms with Gasteiger partial charge >= 0.3 is 0 Å². The largest absolute Gasteiger partial charge is 0.394 e. The van der Waals surface area contributed by atoms with Crippen LogP contribution in [0.15, 0.2) is 97.2 Å². The van der Waals surface area contributed by atoms with E-state index >= 15 is 0 Å². The van der Waals surface area contributed by atoms with Gasteiger partial charge in [-0.1, -0.05) is 188 Å². The van der Waals surface area contributed by atoms with Crippen LogP contribution < -0.4 is 5.32 Å². The van der Waals surface area contributed by atoms with Gasteiger partial charge in [0.2, 0.25) is 5.91 Å². The quantitative estimate of drug-likeness (QED) is 0.0228. The lowest BCUT2D eigenvalue weighted by molar-refractivity contribution is -0.379. The molecule has 3 fully saturated rings. The van der Waals surface area contributed by atoms with Crippen molar-refractivity contribution in [3.63, 3.8) is 0 Å². The molecule has 0 aromatic rings. The summed E-state index contributed by atoms with van der Waals surface area (Å²) in [4.78, 5) is 13.3. The number of amides is 1. The van der Waals surface area contributed by atoms with E-state index in [1.54, 1.807) is 0 Å². The molecule has 0 aromatic heterocycles. The minimum absolute atomic E-state index is 0.242. The first-order valence-corrected chi connectivity index (χ1v) is 31.5. The van der Waals surface area contributed by atoms with Crippen LogP contribution in [0.1, 0.15) is 174 Å². The fourth-order valence-electron chi connectivity index (χ4n) is 10.0. The van der Waals surface area contributed by atoms with E-state index in [1.807, 2.05) is 0 Å². The molecular formula is C65H109NO18. The summed E-state index contributed by atoms with van der Waals surface area (Å²) >= 11 is 0. The highest BCUT2D eigenvalue weighted by Crippen LogP contribution is 2.33. The van der Waals surface area contributed by atoms with Crippen molar-refractivity contribution in [2.45, 2.75) is 279 Å². The van der Waals surface area contributed by atoms with Crippen molar-refractivity contribution >= 4 is 5.91 Å². The number of allylic oxidation sites excluding steroid dienone is 16. The molecule has 0 spiro atoms. The minimum Gasteiger partial charge on any atom is -0.394 e. The molecule has 482 valence electrons. The summed E-state index contributed by atoms with van der Waals surface area (Å²) in [5, 5.41) is 120. The van der Waals surface area contributed by atoms with Gasteiger partial charge in [-0.3, -0.25) is 4.79 Å². The highest BCUT2D eigenvalue weighted by Gasteiger charge is 2.53. The average Bonchev–Trinajstić information content (AvgIpc) is 2.91. The van der Waals surface area contributed by atoms with Crippen LogP contribution in [0, 0.1) is 0 Å². The molecule has 3 saturated heterocycles. The van der Waals surface area contributed by atoms with Crippen molar-refractivity contribution < 1.29 is 89.4 Å². The summed E-state index contributed by atoms with van der Waals surface area (Å²) in [6, 6.07) is -0.900. The molecule has 0 radical (unpaired) electrons. The molecular weight excluding hydrogens is 1080 g/mol. The van der Waals surface area contributed by atoms with Gasteiger partial charge in [0.05, 0.1) is 38.6 Å². The van der Waals surface area contributed by atoms with Crippen LogP contribution in [0.4, 0.5) is 0 Å². The molecule has 12 N–H and O–H groups in total. The topological polar surface area (TPSA) is 307 Å². The predicted octanol–water partition coefficient (Wildman–Crippen LogP) is 6.54. The van der Waals surface area contributed by atoms with Gasteiger partial charge in [0, 0.05) is 6.42 Å². The predicted molar refractivity (Wildman–Crippen MR) is 323 cm³/mol. The third-order valence-corrected chi connectivity index (χ3v) is 15.2. The Hall–Kier alpha value is -3.29. The van der Waals surface area contributed by atoms with Crippen LogP contribution in [0.25, 0.3) is 0 Å². The van der Waals surface area contributed by atoms with Gasteiger partial charge in [0.1, 0.15) is 73.2 Å². The molecule has 3 aliphatic rings. The summed E-state index contributed by atoms with van der Waals surface area (Å²) in [7, 11) is 0.